The van der Waals surface area contributed by atoms with Crippen LogP contribution in [0.3, 0.4) is 0 Å². The van der Waals surface area contributed by atoms with Gasteiger partial charge in [-0.15, -0.1) is 0 Å². The Morgan fingerprint density at radius 3 is 2.72 bits per heavy atom. The van der Waals surface area contributed by atoms with Crippen molar-refractivity contribution in [1.82, 2.24) is 15.5 Å². The molecule has 0 aromatic rings. The molecule has 104 valence electrons. The fourth-order valence-electron chi connectivity index (χ4n) is 1.94. The molecule has 18 heavy (non-hydrogen) atoms. The number of morpholine rings is 1. The number of nitrogens with one attached hydrogen (secondary N) is 2. The highest BCUT2D eigenvalue weighted by atomic mass is 16.5. The third-order valence-corrected chi connectivity index (χ3v) is 3.12. The molecule has 1 aliphatic rings. The minimum atomic E-state index is -0.436. The lowest BCUT2D eigenvalue weighted by molar-refractivity contribution is -0.128. The van der Waals surface area contributed by atoms with E-state index in [4.69, 9.17) is 4.74 Å². The Balaban J connectivity index is 2.38. The first-order valence-corrected chi connectivity index (χ1v) is 6.43. The van der Waals surface area contributed by atoms with Crippen molar-refractivity contribution in [1.29, 1.82) is 0 Å². The van der Waals surface area contributed by atoms with Gasteiger partial charge >= 0.3 is 6.03 Å². The lowest BCUT2D eigenvalue weighted by Crippen LogP contribution is -2.53. The van der Waals surface area contributed by atoms with Crippen molar-refractivity contribution in [3.63, 3.8) is 0 Å². The number of urea groups is 1. The van der Waals surface area contributed by atoms with Gasteiger partial charge in [-0.25, -0.2) is 4.79 Å². The predicted molar refractivity (Wildman–Crippen MR) is 68.3 cm³/mol. The maximum Gasteiger partial charge on any atom is 0.321 e. The maximum atomic E-state index is 11.6. The summed E-state index contributed by atoms with van der Waals surface area (Å²) in [6.07, 6.45) is 0.904. The molecule has 1 aliphatic heterocycles. The summed E-state index contributed by atoms with van der Waals surface area (Å²) < 4.78 is 5.69. The number of ether oxygens (including phenoxy) is 1. The van der Waals surface area contributed by atoms with Crippen LogP contribution in [-0.2, 0) is 9.53 Å². The summed E-state index contributed by atoms with van der Waals surface area (Å²) in [5.74, 6) is -0.277. The molecule has 1 atom stereocenters. The summed E-state index contributed by atoms with van der Waals surface area (Å²) in [4.78, 5) is 24.8. The molecule has 0 spiro atoms. The number of hydrogen-bond donors (Lipinski definition) is 2. The summed E-state index contributed by atoms with van der Waals surface area (Å²) in [5.41, 5.74) is -0.190. The summed E-state index contributed by atoms with van der Waals surface area (Å²) in [6, 6.07) is -0.436. The van der Waals surface area contributed by atoms with Gasteiger partial charge in [0.2, 0.25) is 5.91 Å². The molecule has 0 unspecified atom stereocenters. The smallest absolute Gasteiger partial charge is 0.321 e. The van der Waals surface area contributed by atoms with Crippen LogP contribution in [0.1, 0.15) is 27.2 Å². The molecular formula is C12H23N3O3. The lowest BCUT2D eigenvalue weighted by Gasteiger charge is -2.39. The van der Waals surface area contributed by atoms with Crippen molar-refractivity contribution in [3.8, 4) is 0 Å². The van der Waals surface area contributed by atoms with Gasteiger partial charge < -0.3 is 10.1 Å². The number of rotatable bonds is 4. The molecule has 1 rings (SSSR count). The standard InChI is InChI=1S/C12H23N3O3/c1-4-12(3)9-15(6-7-18-12)8-10(16)14-11(17)13-5-2/h4-9H2,1-3H3,(H2,13,14,16,17)/t12-/m1/s1. The van der Waals surface area contributed by atoms with Crippen LogP contribution in [0.5, 0.6) is 0 Å². The second kappa shape index (κ2) is 6.70. The van der Waals surface area contributed by atoms with Crippen LogP contribution < -0.4 is 10.6 Å². The van der Waals surface area contributed by atoms with Crippen molar-refractivity contribution >= 4 is 11.9 Å². The zero-order chi connectivity index (χ0) is 13.6. The molecule has 6 heteroatoms. The van der Waals surface area contributed by atoms with Crippen molar-refractivity contribution in [2.24, 2.45) is 0 Å². The Bertz CT molecular complexity index is 309. The quantitative estimate of drug-likeness (QED) is 0.761. The second-order valence-electron chi connectivity index (χ2n) is 4.77. The fraction of sp³-hybridized carbons (Fsp3) is 0.833. The first kappa shape index (κ1) is 14.9. The Morgan fingerprint density at radius 1 is 1.39 bits per heavy atom. The molecule has 2 N–H and O–H groups in total. The van der Waals surface area contributed by atoms with Gasteiger partial charge in [0, 0.05) is 19.6 Å². The van der Waals surface area contributed by atoms with E-state index in [9.17, 15) is 9.59 Å². The van der Waals surface area contributed by atoms with Crippen LogP contribution in [0.15, 0.2) is 0 Å². The van der Waals surface area contributed by atoms with E-state index in [1.165, 1.54) is 0 Å². The molecule has 1 heterocycles. The first-order chi connectivity index (χ1) is 8.49. The largest absolute Gasteiger partial charge is 0.373 e. The highest BCUT2D eigenvalue weighted by Crippen LogP contribution is 2.20. The predicted octanol–water partition coefficient (Wildman–Crippen LogP) is 0.333. The molecule has 0 aromatic heterocycles. The van der Waals surface area contributed by atoms with Crippen LogP contribution in [0.25, 0.3) is 0 Å². The molecular weight excluding hydrogens is 234 g/mol. The average Bonchev–Trinajstić information content (AvgIpc) is 2.29. The number of amides is 3. The molecule has 0 bridgehead atoms. The van der Waals surface area contributed by atoms with Gasteiger partial charge in [0.1, 0.15) is 0 Å². The number of carbonyl (C=O) groups excluding carboxylic acids is 2. The minimum absolute atomic E-state index is 0.190. The Morgan fingerprint density at radius 2 is 2.11 bits per heavy atom. The van der Waals surface area contributed by atoms with E-state index < -0.39 is 6.03 Å². The SMILES string of the molecule is CCNC(=O)NC(=O)CN1CCO[C@](C)(CC)C1. The van der Waals surface area contributed by atoms with Crippen molar-refractivity contribution in [2.75, 3.05) is 32.8 Å². The van der Waals surface area contributed by atoms with Gasteiger partial charge in [-0.1, -0.05) is 6.92 Å². The van der Waals surface area contributed by atoms with Gasteiger partial charge in [0.05, 0.1) is 18.8 Å². The van der Waals surface area contributed by atoms with Gasteiger partial charge in [-0.3, -0.25) is 15.0 Å². The highest BCUT2D eigenvalue weighted by molar-refractivity contribution is 5.95. The van der Waals surface area contributed by atoms with E-state index in [0.717, 1.165) is 13.0 Å². The fourth-order valence-corrected chi connectivity index (χ4v) is 1.94. The highest BCUT2D eigenvalue weighted by Gasteiger charge is 2.31. The van der Waals surface area contributed by atoms with Gasteiger partial charge in [-0.05, 0) is 20.3 Å². The van der Waals surface area contributed by atoms with Crippen LogP contribution in [-0.4, -0.2) is 55.2 Å². The molecule has 0 radical (unpaired) electrons. The number of carbonyl (C=O) groups is 2. The van der Waals surface area contributed by atoms with Gasteiger partial charge in [0.15, 0.2) is 0 Å². The molecule has 1 saturated heterocycles. The summed E-state index contributed by atoms with van der Waals surface area (Å²) >= 11 is 0. The summed E-state index contributed by atoms with van der Waals surface area (Å²) in [7, 11) is 0. The molecule has 0 aromatic carbocycles. The zero-order valence-electron chi connectivity index (χ0n) is 11.4. The summed E-state index contributed by atoms with van der Waals surface area (Å²) in [5, 5.41) is 4.83. The third kappa shape index (κ3) is 4.62. The van der Waals surface area contributed by atoms with E-state index in [1.54, 1.807) is 6.92 Å². The lowest BCUT2D eigenvalue weighted by atomic mass is 10.0. The normalized spacial score (nSPS) is 24.6. The van der Waals surface area contributed by atoms with Crippen molar-refractivity contribution in [2.45, 2.75) is 32.8 Å². The second-order valence-corrected chi connectivity index (χ2v) is 4.77. The molecule has 6 nitrogen and oxygen atoms in total. The molecule has 3 amide bonds. The molecule has 1 fully saturated rings. The van der Waals surface area contributed by atoms with E-state index in [1.807, 2.05) is 11.8 Å². The minimum Gasteiger partial charge on any atom is -0.373 e. The average molecular weight is 257 g/mol. The molecule has 0 aliphatic carbocycles. The maximum absolute atomic E-state index is 11.6. The summed E-state index contributed by atoms with van der Waals surface area (Å²) in [6.45, 7) is 8.71. The monoisotopic (exact) mass is 257 g/mol. The Labute approximate surface area is 108 Å². The zero-order valence-corrected chi connectivity index (χ0v) is 11.4. The van der Waals surface area contributed by atoms with Gasteiger partial charge in [-0.2, -0.15) is 0 Å². The Kier molecular flexibility index (Phi) is 5.55. The number of imide groups is 1. The van der Waals surface area contributed by atoms with Crippen LogP contribution in [0.4, 0.5) is 4.79 Å². The first-order valence-electron chi connectivity index (χ1n) is 6.43. The molecule has 0 saturated carbocycles. The van der Waals surface area contributed by atoms with Crippen molar-refractivity contribution in [3.05, 3.63) is 0 Å². The number of nitrogens with zero attached hydrogens (tertiary/aromatic N) is 1. The van der Waals surface area contributed by atoms with E-state index in [2.05, 4.69) is 17.6 Å². The van der Waals surface area contributed by atoms with E-state index in [-0.39, 0.29) is 18.1 Å². The Hall–Kier alpha value is -1.14. The number of hydrogen-bond acceptors (Lipinski definition) is 4. The van der Waals surface area contributed by atoms with Gasteiger partial charge in [0.25, 0.3) is 0 Å². The van der Waals surface area contributed by atoms with Crippen LogP contribution in [0.2, 0.25) is 0 Å². The van der Waals surface area contributed by atoms with Crippen molar-refractivity contribution < 1.29 is 14.3 Å². The van der Waals surface area contributed by atoms with E-state index >= 15 is 0 Å². The van der Waals surface area contributed by atoms with E-state index in [0.29, 0.717) is 19.7 Å². The van der Waals surface area contributed by atoms with Crippen LogP contribution in [0, 0.1) is 0 Å². The topological polar surface area (TPSA) is 70.7 Å². The third-order valence-electron chi connectivity index (χ3n) is 3.12. The van der Waals surface area contributed by atoms with Crippen LogP contribution >= 0.6 is 0 Å².